The number of halogens is 4. The minimum absolute atomic E-state index is 0.0877. The predicted molar refractivity (Wildman–Crippen MR) is 67.0 cm³/mol. The van der Waals surface area contributed by atoms with Crippen molar-refractivity contribution in [2.24, 2.45) is 0 Å². The highest BCUT2D eigenvalue weighted by atomic mass is 79.9. The number of benzene rings is 1. The molecule has 1 aromatic carbocycles. The van der Waals surface area contributed by atoms with Crippen LogP contribution in [0.2, 0.25) is 0 Å². The van der Waals surface area contributed by atoms with Gasteiger partial charge in [0.2, 0.25) is 0 Å². The number of carbonyl (C=O) groups is 2. The molecule has 0 fully saturated rings. The standard InChI is InChI=1S/C11H9BrF3NO4/c1-2-20-7-4-5(12)3-6(9(17)18)8(7)16-10(19)11(13,14)15/h3-4H,2H2,1H3,(H,16,19)(H,17,18). The summed E-state index contributed by atoms with van der Waals surface area (Å²) in [5, 5.41) is 10.5. The van der Waals surface area contributed by atoms with Gasteiger partial charge in [-0.25, -0.2) is 4.79 Å². The predicted octanol–water partition coefficient (Wildman–Crippen LogP) is 3.05. The van der Waals surface area contributed by atoms with Gasteiger partial charge in [0, 0.05) is 4.47 Å². The average Bonchev–Trinajstić information content (AvgIpc) is 2.30. The Balaban J connectivity index is 3.33. The Bertz CT molecular complexity index is 545. The van der Waals surface area contributed by atoms with Crippen molar-refractivity contribution >= 4 is 33.5 Å². The molecule has 1 amide bonds. The second-order valence-electron chi connectivity index (χ2n) is 3.52. The van der Waals surface area contributed by atoms with E-state index in [9.17, 15) is 22.8 Å². The normalized spacial score (nSPS) is 11.1. The van der Waals surface area contributed by atoms with Gasteiger partial charge in [-0.05, 0) is 19.1 Å². The first-order valence-electron chi connectivity index (χ1n) is 5.24. The van der Waals surface area contributed by atoms with Crippen molar-refractivity contribution in [2.45, 2.75) is 13.1 Å². The Labute approximate surface area is 119 Å². The van der Waals surface area contributed by atoms with Crippen LogP contribution in [0.1, 0.15) is 17.3 Å². The van der Waals surface area contributed by atoms with Gasteiger partial charge in [0.05, 0.1) is 17.9 Å². The van der Waals surface area contributed by atoms with E-state index in [-0.39, 0.29) is 12.4 Å². The molecule has 9 heteroatoms. The second-order valence-corrected chi connectivity index (χ2v) is 4.43. The van der Waals surface area contributed by atoms with Gasteiger partial charge >= 0.3 is 18.1 Å². The Morgan fingerprint density at radius 3 is 2.45 bits per heavy atom. The number of anilines is 1. The zero-order valence-electron chi connectivity index (χ0n) is 10.0. The van der Waals surface area contributed by atoms with E-state index >= 15 is 0 Å². The van der Waals surface area contributed by atoms with Crippen LogP contribution in [0.25, 0.3) is 0 Å². The van der Waals surface area contributed by atoms with Crippen LogP contribution in [-0.2, 0) is 4.79 Å². The summed E-state index contributed by atoms with van der Waals surface area (Å²) in [5.41, 5.74) is -1.05. The molecular weight excluding hydrogens is 347 g/mol. The van der Waals surface area contributed by atoms with E-state index in [1.165, 1.54) is 11.4 Å². The molecule has 0 aromatic heterocycles. The molecule has 0 bridgehead atoms. The van der Waals surface area contributed by atoms with Gasteiger partial charge in [-0.2, -0.15) is 13.2 Å². The quantitative estimate of drug-likeness (QED) is 0.870. The highest BCUT2D eigenvalue weighted by Crippen LogP contribution is 2.34. The maximum Gasteiger partial charge on any atom is 0.471 e. The topological polar surface area (TPSA) is 75.6 Å². The fourth-order valence-electron chi connectivity index (χ4n) is 1.33. The highest BCUT2D eigenvalue weighted by molar-refractivity contribution is 9.10. The second kappa shape index (κ2) is 6.12. The van der Waals surface area contributed by atoms with E-state index < -0.39 is 29.3 Å². The number of hydrogen-bond donors (Lipinski definition) is 2. The van der Waals surface area contributed by atoms with Crippen molar-refractivity contribution in [1.29, 1.82) is 0 Å². The van der Waals surface area contributed by atoms with Crippen molar-refractivity contribution in [3.8, 4) is 5.75 Å². The first-order chi connectivity index (χ1) is 9.16. The third-order valence-electron chi connectivity index (χ3n) is 2.09. The van der Waals surface area contributed by atoms with E-state index in [1.54, 1.807) is 6.92 Å². The van der Waals surface area contributed by atoms with E-state index in [4.69, 9.17) is 9.84 Å². The molecule has 1 rings (SSSR count). The van der Waals surface area contributed by atoms with E-state index in [2.05, 4.69) is 15.9 Å². The van der Waals surface area contributed by atoms with Gasteiger partial charge in [0.15, 0.2) is 0 Å². The molecule has 20 heavy (non-hydrogen) atoms. The van der Waals surface area contributed by atoms with Crippen LogP contribution in [0.3, 0.4) is 0 Å². The van der Waals surface area contributed by atoms with Crippen LogP contribution in [0.15, 0.2) is 16.6 Å². The van der Waals surface area contributed by atoms with Crippen LogP contribution >= 0.6 is 15.9 Å². The maximum absolute atomic E-state index is 12.3. The van der Waals surface area contributed by atoms with E-state index in [0.717, 1.165) is 6.07 Å². The first-order valence-corrected chi connectivity index (χ1v) is 6.04. The van der Waals surface area contributed by atoms with Gasteiger partial charge in [-0.3, -0.25) is 4.79 Å². The van der Waals surface area contributed by atoms with Gasteiger partial charge in [-0.15, -0.1) is 0 Å². The summed E-state index contributed by atoms with van der Waals surface area (Å²) in [7, 11) is 0. The average molecular weight is 356 g/mol. The van der Waals surface area contributed by atoms with Crippen LogP contribution < -0.4 is 10.1 Å². The molecule has 110 valence electrons. The summed E-state index contributed by atoms with van der Waals surface area (Å²) in [6, 6.07) is 2.33. The lowest BCUT2D eigenvalue weighted by atomic mass is 10.1. The summed E-state index contributed by atoms with van der Waals surface area (Å²) in [6.45, 7) is 1.65. The Morgan fingerprint density at radius 1 is 1.40 bits per heavy atom. The lowest BCUT2D eigenvalue weighted by molar-refractivity contribution is -0.167. The number of nitrogens with one attached hydrogen (secondary N) is 1. The van der Waals surface area contributed by atoms with Gasteiger partial charge < -0.3 is 15.2 Å². The minimum Gasteiger partial charge on any atom is -0.492 e. The molecule has 0 saturated heterocycles. The van der Waals surface area contributed by atoms with Crippen molar-refractivity contribution in [2.75, 3.05) is 11.9 Å². The molecule has 2 N–H and O–H groups in total. The number of carboxylic acids is 1. The third kappa shape index (κ3) is 3.86. The van der Waals surface area contributed by atoms with Crippen molar-refractivity contribution in [1.82, 2.24) is 0 Å². The van der Waals surface area contributed by atoms with Gasteiger partial charge in [0.25, 0.3) is 0 Å². The molecule has 0 spiro atoms. The fraction of sp³-hybridized carbons (Fsp3) is 0.273. The summed E-state index contributed by atoms with van der Waals surface area (Å²) < 4.78 is 42.1. The summed E-state index contributed by atoms with van der Waals surface area (Å²) in [4.78, 5) is 22.0. The molecule has 0 atom stereocenters. The lowest BCUT2D eigenvalue weighted by Gasteiger charge is -2.15. The zero-order valence-corrected chi connectivity index (χ0v) is 11.6. The SMILES string of the molecule is CCOc1cc(Br)cc(C(=O)O)c1NC(=O)C(F)(F)F. The van der Waals surface area contributed by atoms with Crippen LogP contribution in [0.4, 0.5) is 18.9 Å². The minimum atomic E-state index is -5.13. The molecule has 0 aliphatic heterocycles. The van der Waals surface area contributed by atoms with Crippen LogP contribution in [0, 0.1) is 0 Å². The first kappa shape index (κ1) is 16.3. The Hall–Kier alpha value is -1.77. The number of amides is 1. The number of rotatable bonds is 4. The number of carboxylic acid groups (broad SMARTS) is 1. The van der Waals surface area contributed by atoms with Gasteiger partial charge in [0.1, 0.15) is 5.75 Å². The number of alkyl halides is 3. The molecule has 0 aliphatic carbocycles. The number of ether oxygens (including phenoxy) is 1. The van der Waals surface area contributed by atoms with E-state index in [1.807, 2.05) is 0 Å². The zero-order chi connectivity index (χ0) is 15.5. The summed E-state index contributed by atoms with van der Waals surface area (Å²) in [5.74, 6) is -3.94. The lowest BCUT2D eigenvalue weighted by Crippen LogP contribution is -2.31. The van der Waals surface area contributed by atoms with Crippen LogP contribution in [0.5, 0.6) is 5.75 Å². The molecular formula is C11H9BrF3NO4. The van der Waals surface area contributed by atoms with E-state index in [0.29, 0.717) is 4.47 Å². The van der Waals surface area contributed by atoms with Crippen molar-refractivity contribution in [3.05, 3.63) is 22.2 Å². The molecule has 1 aromatic rings. The monoisotopic (exact) mass is 355 g/mol. The maximum atomic E-state index is 12.3. The molecule has 0 saturated carbocycles. The molecule has 5 nitrogen and oxygen atoms in total. The smallest absolute Gasteiger partial charge is 0.471 e. The van der Waals surface area contributed by atoms with Crippen molar-refractivity contribution in [3.63, 3.8) is 0 Å². The molecule has 0 radical (unpaired) electrons. The fourth-order valence-corrected chi connectivity index (χ4v) is 1.77. The number of aromatic carboxylic acids is 1. The van der Waals surface area contributed by atoms with Crippen LogP contribution in [-0.4, -0.2) is 29.8 Å². The summed E-state index contributed by atoms with van der Waals surface area (Å²) in [6.07, 6.45) is -5.13. The Morgan fingerprint density at radius 2 is 2.00 bits per heavy atom. The molecule has 0 aliphatic rings. The molecule has 0 unspecified atom stereocenters. The Kier molecular flexibility index (Phi) is 4.98. The largest absolute Gasteiger partial charge is 0.492 e. The number of carbonyl (C=O) groups excluding carboxylic acids is 1. The van der Waals surface area contributed by atoms with Crippen molar-refractivity contribution < 1.29 is 32.6 Å². The van der Waals surface area contributed by atoms with Gasteiger partial charge in [-0.1, -0.05) is 15.9 Å². The summed E-state index contributed by atoms with van der Waals surface area (Å²) >= 11 is 3.01. The highest BCUT2D eigenvalue weighted by Gasteiger charge is 2.39. The number of hydrogen-bond acceptors (Lipinski definition) is 3. The molecule has 0 heterocycles. The third-order valence-corrected chi connectivity index (χ3v) is 2.55.